The summed E-state index contributed by atoms with van der Waals surface area (Å²) < 4.78 is 0. The molecule has 29 valence electrons. The van der Waals surface area contributed by atoms with Crippen LogP contribution in [0.2, 0.25) is 0 Å². The van der Waals surface area contributed by atoms with Crippen molar-refractivity contribution in [3.05, 3.63) is 0 Å². The Kier molecular flexibility index (Phi) is 2.22. The van der Waals surface area contributed by atoms with Crippen LogP contribution in [0.15, 0.2) is 0 Å². The average molecular weight is 90.1 g/mol. The first-order valence-electron chi connectivity index (χ1n) is 1.11. The van der Waals surface area contributed by atoms with E-state index in [1.165, 1.54) is 6.92 Å². The third-order valence-electron chi connectivity index (χ3n) is 0.144. The van der Waals surface area contributed by atoms with Crippen LogP contribution >= 0.6 is 11.9 Å². The van der Waals surface area contributed by atoms with Crippen molar-refractivity contribution in [2.45, 2.75) is 6.92 Å². The van der Waals surface area contributed by atoms with E-state index in [0.717, 1.165) is 0 Å². The maximum Gasteiger partial charge on any atom is 0.201 e. The summed E-state index contributed by atoms with van der Waals surface area (Å²) in [7, 11) is 0. The summed E-state index contributed by atoms with van der Waals surface area (Å²) in [6, 6.07) is 0. The van der Waals surface area contributed by atoms with Gasteiger partial charge in [0.05, 0.1) is 0 Å². The molecule has 0 aromatic carbocycles. The molecule has 0 rings (SSSR count). The molecule has 0 saturated carbocycles. The normalized spacial score (nSPS) is 7.60. The Hall–Kier alpha value is -0.0200. The lowest BCUT2D eigenvalue weighted by Gasteiger charge is -1.70. The predicted molar refractivity (Wildman–Crippen MR) is 21.4 cm³/mol. The molecule has 0 spiro atoms. The predicted octanol–water partition coefficient (Wildman–Crippen LogP) is 0.464. The molecule has 0 aromatic heterocycles. The van der Waals surface area contributed by atoms with Gasteiger partial charge >= 0.3 is 0 Å². The Balaban J connectivity index is 2.85. The van der Waals surface area contributed by atoms with Crippen molar-refractivity contribution in [1.82, 2.24) is 5.14 Å². The third kappa shape index (κ3) is 3.98. The van der Waals surface area contributed by atoms with Gasteiger partial charge in [0.25, 0.3) is 0 Å². The van der Waals surface area contributed by atoms with Crippen molar-refractivity contribution in [1.29, 1.82) is 0 Å². The number of hydrogen-bond donors (Lipinski definition) is 0. The van der Waals surface area contributed by atoms with Crippen molar-refractivity contribution in [2.75, 3.05) is 0 Å². The van der Waals surface area contributed by atoms with E-state index < -0.39 is 0 Å². The van der Waals surface area contributed by atoms with Gasteiger partial charge in [-0.3, -0.25) is 4.79 Å². The van der Waals surface area contributed by atoms with Gasteiger partial charge in [-0.1, -0.05) is 0 Å². The minimum atomic E-state index is -0.162. The molecule has 0 unspecified atom stereocenters. The molecule has 0 bridgehead atoms. The second-order valence-corrected chi connectivity index (χ2v) is 1.37. The molecule has 3 heteroatoms. The highest BCUT2D eigenvalue weighted by atomic mass is 32.2. The van der Waals surface area contributed by atoms with Crippen LogP contribution in [0.25, 0.3) is 0 Å². The Morgan fingerprint density at radius 3 is 2.20 bits per heavy atom. The Bertz CT molecular complexity index is 44.9. The maximum absolute atomic E-state index is 9.59. The van der Waals surface area contributed by atoms with E-state index >= 15 is 0 Å². The fourth-order valence-corrected chi connectivity index (χ4v) is 0. The summed E-state index contributed by atoms with van der Waals surface area (Å²) in [6.07, 6.45) is 0. The first-order valence-corrected chi connectivity index (χ1v) is 1.93. The van der Waals surface area contributed by atoms with Crippen molar-refractivity contribution >= 4 is 17.1 Å². The highest BCUT2D eigenvalue weighted by Gasteiger charge is 1.79. The van der Waals surface area contributed by atoms with Crippen molar-refractivity contribution in [3.8, 4) is 0 Å². The van der Waals surface area contributed by atoms with Crippen molar-refractivity contribution in [2.24, 2.45) is 0 Å². The van der Waals surface area contributed by atoms with Gasteiger partial charge in [0.15, 0.2) is 0 Å². The molecule has 0 atom stereocenters. The number of carbonyl (C=O) groups is 1. The topological polar surface area (TPSA) is 40.9 Å². The number of nitrogens with one attached hydrogen (secondary N) is 1. The quantitative estimate of drug-likeness (QED) is 0.405. The van der Waals surface area contributed by atoms with Gasteiger partial charge in [0, 0.05) is 18.9 Å². The van der Waals surface area contributed by atoms with Crippen LogP contribution in [0, 0.1) is 0 Å². The van der Waals surface area contributed by atoms with E-state index in [9.17, 15) is 4.79 Å². The van der Waals surface area contributed by atoms with E-state index in [1.54, 1.807) is 0 Å². The van der Waals surface area contributed by atoms with Gasteiger partial charge in [-0.25, -0.2) is 0 Å². The van der Waals surface area contributed by atoms with Crippen molar-refractivity contribution < 1.29 is 4.79 Å². The summed E-state index contributed by atoms with van der Waals surface area (Å²) in [4.78, 5) is 9.59. The second-order valence-electron chi connectivity index (χ2n) is 0.594. The fourth-order valence-electron chi connectivity index (χ4n) is 0. The zero-order chi connectivity index (χ0) is 4.28. The number of rotatable bonds is 0. The molecule has 2 nitrogen and oxygen atoms in total. The molecule has 1 N–H and O–H groups in total. The summed E-state index contributed by atoms with van der Waals surface area (Å²) in [5.74, 6) is 0. The first-order chi connectivity index (χ1) is 2.27. The molecule has 0 aliphatic carbocycles. The largest absolute Gasteiger partial charge is 0.286 e. The summed E-state index contributed by atoms with van der Waals surface area (Å²) in [6.45, 7) is 1.36. The highest BCUT2D eigenvalue weighted by Crippen LogP contribution is 1.85. The van der Waals surface area contributed by atoms with E-state index in [0.29, 0.717) is 11.9 Å². The molecule has 0 heterocycles. The van der Waals surface area contributed by atoms with Crippen LogP contribution in [0.5, 0.6) is 0 Å². The van der Waals surface area contributed by atoms with Gasteiger partial charge in [-0.05, 0) is 0 Å². The average Bonchev–Trinajstić information content (AvgIpc) is 1.38. The minimum Gasteiger partial charge on any atom is -0.286 e. The van der Waals surface area contributed by atoms with Gasteiger partial charge in [0.2, 0.25) is 5.12 Å². The molecule has 0 fully saturated rings. The lowest BCUT2D eigenvalue weighted by atomic mass is 10.9. The maximum atomic E-state index is 9.59. The third-order valence-corrected chi connectivity index (χ3v) is 0.431. The summed E-state index contributed by atoms with van der Waals surface area (Å²) in [5.41, 5.74) is 0. The zero-order valence-electron chi connectivity index (χ0n) is 2.82. The highest BCUT2D eigenvalue weighted by molar-refractivity contribution is 8.11. The zero-order valence-corrected chi connectivity index (χ0v) is 3.63. The fraction of sp³-hybridized carbons (Fsp3) is 0.500. The van der Waals surface area contributed by atoms with Gasteiger partial charge in [0.1, 0.15) is 0 Å². The van der Waals surface area contributed by atoms with Crippen molar-refractivity contribution in [3.63, 3.8) is 0 Å². The molecule has 0 amide bonds. The Morgan fingerprint density at radius 2 is 2.20 bits per heavy atom. The molecular weight excluding hydrogens is 86.1 g/mol. The molecule has 0 aliphatic rings. The van der Waals surface area contributed by atoms with Crippen LogP contribution in [-0.4, -0.2) is 5.12 Å². The van der Waals surface area contributed by atoms with Crippen LogP contribution < -0.4 is 5.14 Å². The smallest absolute Gasteiger partial charge is 0.201 e. The van der Waals surface area contributed by atoms with E-state index in [-0.39, 0.29) is 5.12 Å². The van der Waals surface area contributed by atoms with E-state index in [1.807, 2.05) is 0 Å². The second kappa shape index (κ2) is 2.23. The van der Waals surface area contributed by atoms with Gasteiger partial charge in [-0.2, -0.15) is 5.14 Å². The molecule has 5 heavy (non-hydrogen) atoms. The Morgan fingerprint density at radius 1 is 2.00 bits per heavy atom. The molecular formula is C2H4NOS. The first kappa shape index (κ1) is 4.98. The molecule has 1 radical (unpaired) electrons. The van der Waals surface area contributed by atoms with Crippen LogP contribution in [-0.2, 0) is 4.79 Å². The monoisotopic (exact) mass is 90.0 g/mol. The minimum absolute atomic E-state index is 0.162. The lowest BCUT2D eigenvalue weighted by molar-refractivity contribution is -0.109. The lowest BCUT2D eigenvalue weighted by Crippen LogP contribution is -1.74. The van der Waals surface area contributed by atoms with E-state index in [2.05, 4.69) is 0 Å². The SMILES string of the molecule is CC(=O)S[NH]. The standard InChI is InChI=1S/C2H4NOS/c1-2(4)5-3/h3H,1H3. The summed E-state index contributed by atoms with van der Waals surface area (Å²) in [5, 5.41) is 6.06. The van der Waals surface area contributed by atoms with Gasteiger partial charge < -0.3 is 0 Å². The Labute approximate surface area is 34.9 Å². The van der Waals surface area contributed by atoms with Crippen LogP contribution in [0.4, 0.5) is 0 Å². The van der Waals surface area contributed by atoms with Crippen LogP contribution in [0.1, 0.15) is 6.92 Å². The van der Waals surface area contributed by atoms with Gasteiger partial charge in [-0.15, -0.1) is 0 Å². The number of hydrogen-bond acceptors (Lipinski definition) is 2. The number of carbonyl (C=O) groups excluding carboxylic acids is 1. The summed E-state index contributed by atoms with van der Waals surface area (Å²) >= 11 is 0.491. The molecule has 0 aromatic rings. The molecule has 0 aliphatic heterocycles. The van der Waals surface area contributed by atoms with Crippen LogP contribution in [0.3, 0.4) is 0 Å². The molecule has 0 saturated heterocycles. The van der Waals surface area contributed by atoms with E-state index in [4.69, 9.17) is 5.14 Å².